The van der Waals surface area contributed by atoms with E-state index in [0.29, 0.717) is 64.9 Å². The van der Waals surface area contributed by atoms with Gasteiger partial charge in [0.05, 0.1) is 42.7 Å². The quantitative estimate of drug-likeness (QED) is 0.0724. The van der Waals surface area contributed by atoms with Gasteiger partial charge in [-0.05, 0) is 190 Å². The summed E-state index contributed by atoms with van der Waals surface area (Å²) in [4.78, 5) is 45.3. The van der Waals surface area contributed by atoms with Crippen LogP contribution < -0.4 is 10.1 Å². The van der Waals surface area contributed by atoms with Crippen molar-refractivity contribution in [3.63, 3.8) is 0 Å². The van der Waals surface area contributed by atoms with Gasteiger partial charge < -0.3 is 50.2 Å². The van der Waals surface area contributed by atoms with Crippen molar-refractivity contribution in [2.45, 2.75) is 227 Å². The summed E-state index contributed by atoms with van der Waals surface area (Å²) >= 11 is 0. The maximum atomic E-state index is 16.2. The minimum absolute atomic E-state index is 0.0131. The third-order valence-electron chi connectivity index (χ3n) is 23.8. The number of hydrogen-bond acceptors (Lipinski definition) is 13. The van der Waals surface area contributed by atoms with E-state index in [0.717, 1.165) is 120 Å². The number of esters is 2. The lowest BCUT2D eigenvalue weighted by atomic mass is 9.40. The van der Waals surface area contributed by atoms with E-state index < -0.39 is 64.8 Å². The highest BCUT2D eigenvalue weighted by Gasteiger charge is 2.69. The molecule has 12 aliphatic rings. The minimum atomic E-state index is -1.65. The van der Waals surface area contributed by atoms with Crippen LogP contribution in [0.15, 0.2) is 60.2 Å². The zero-order chi connectivity index (χ0) is 59.9. The van der Waals surface area contributed by atoms with Crippen LogP contribution in [0.5, 0.6) is 11.5 Å². The third kappa shape index (κ3) is 11.1. The average Bonchev–Trinajstić information content (AvgIpc) is 0.852. The average molecular weight is 1180 g/mol. The van der Waals surface area contributed by atoms with E-state index in [-0.39, 0.29) is 115 Å². The summed E-state index contributed by atoms with van der Waals surface area (Å²) in [6.07, 6.45) is 13.9. The Balaban J connectivity index is 0.974. The number of aliphatic hydroxyl groups excluding tert-OH is 3. The molecule has 462 valence electrons. The van der Waals surface area contributed by atoms with Gasteiger partial charge in [0.2, 0.25) is 0 Å². The zero-order valence-electron chi connectivity index (χ0n) is 50.7. The summed E-state index contributed by atoms with van der Waals surface area (Å²) in [6, 6.07) is 15.7. The monoisotopic (exact) mass is 1180 g/mol. The summed E-state index contributed by atoms with van der Waals surface area (Å²) < 4.78 is 19.8. The molecule has 7 N–H and O–H groups in total. The van der Waals surface area contributed by atoms with Gasteiger partial charge in [0.15, 0.2) is 0 Å². The molecule has 15 unspecified atom stereocenters. The summed E-state index contributed by atoms with van der Waals surface area (Å²) in [5.41, 5.74) is 1.39. The number of ether oxygens (including phenoxy) is 3. The second-order valence-electron chi connectivity index (χ2n) is 29.2. The molecule has 0 saturated heterocycles. The Labute approximate surface area is 512 Å². The molecule has 0 amide bonds. The summed E-state index contributed by atoms with van der Waals surface area (Å²) in [6.45, 7) is 1.45. The van der Waals surface area contributed by atoms with E-state index in [2.05, 4.69) is 41.1 Å². The molecule has 3 aromatic rings. The number of rotatable bonds is 2. The highest BCUT2D eigenvalue weighted by atomic mass is 16.6. The van der Waals surface area contributed by atoms with Gasteiger partial charge in [-0.25, -0.2) is 4.79 Å². The van der Waals surface area contributed by atoms with Gasteiger partial charge in [-0.15, -0.1) is 0 Å². The Morgan fingerprint density at radius 2 is 1.45 bits per heavy atom. The number of aliphatic hydroxyl groups is 5. The maximum absolute atomic E-state index is 16.2. The topological polar surface area (TPSA) is 212 Å². The van der Waals surface area contributed by atoms with Crippen molar-refractivity contribution in [2.24, 2.45) is 52.8 Å². The van der Waals surface area contributed by atoms with Gasteiger partial charge >= 0.3 is 11.9 Å². The van der Waals surface area contributed by atoms with E-state index >= 15 is 4.79 Å². The predicted molar refractivity (Wildman–Crippen MR) is 327 cm³/mol. The van der Waals surface area contributed by atoms with Gasteiger partial charge in [0.25, 0.3) is 0 Å². The fraction of sp³-hybridized carbons (Fsp3) is 0.635. The number of phenolic OH excluding ortho intramolecular Hbond substituents is 1. The molecule has 0 aromatic heterocycles. The Morgan fingerprint density at radius 1 is 0.701 bits per heavy atom. The van der Waals surface area contributed by atoms with Crippen LogP contribution in [0.2, 0.25) is 0 Å². The molecule has 5 heterocycles. The molecular weight excluding hydrogens is 1090 g/mol. The van der Waals surface area contributed by atoms with E-state index in [1.54, 1.807) is 13.0 Å². The lowest BCUT2D eigenvalue weighted by Gasteiger charge is -2.66. The molecule has 7 saturated carbocycles. The standard InChI is InChI=1S/C74H89NO12/c1-72(83)41-75-53-33-49(32-51(34-53)70(81)73(25-7-8-26-73)27-24-42-16-21-55(22-17-42)85-40-62(72)78)46-18-19-47-39-64(79)87-69-58(47)36-50(68(80)65(69)45-12-3-2-4-13-45)38-63-74(84)60-15-6-5-14-56(60)57-23-20-48-37-61(77)59(66(57)67(48)74)30-44-11-9-10-43(28-44)29-54(76)35-52(31-46)71(82)86-63/h9-11,28,32-36,42,45-48,54-57,59-60,62-63,66-67,70,75-76,78,80-81,83-84H,2-8,12-17,20-23,25-26,29-31,37-41H2,1H3. The van der Waals surface area contributed by atoms with Crippen LogP contribution in [0.4, 0.5) is 5.69 Å². The molecule has 7 fully saturated rings. The fourth-order valence-electron chi connectivity index (χ4n) is 19.4. The van der Waals surface area contributed by atoms with Crippen LogP contribution in [0.1, 0.15) is 211 Å². The smallest absolute Gasteiger partial charge is 0.334 e. The molecule has 5 aliphatic heterocycles. The first-order chi connectivity index (χ1) is 42.0. The normalized spacial score (nSPS) is 38.3. The van der Waals surface area contributed by atoms with Crippen LogP contribution >= 0.6 is 0 Å². The number of Topliss-reactive ketones (excluding diaryl/α,β-unsaturated/α-hetero) is 1. The molecular formula is C74H89NO12. The molecule has 7 aliphatic carbocycles. The first-order valence-electron chi connectivity index (χ1n) is 33.7. The predicted octanol–water partition coefficient (Wildman–Crippen LogP) is 10.7. The molecule has 3 aromatic carbocycles. The van der Waals surface area contributed by atoms with E-state index in [1.807, 2.05) is 36.4 Å². The number of ketones is 1. The van der Waals surface area contributed by atoms with Crippen LogP contribution in [0, 0.1) is 76.4 Å². The molecule has 87 heavy (non-hydrogen) atoms. The van der Waals surface area contributed by atoms with Gasteiger partial charge in [-0.1, -0.05) is 99.0 Å². The largest absolute Gasteiger partial charge is 0.507 e. The van der Waals surface area contributed by atoms with Crippen molar-refractivity contribution >= 4 is 23.4 Å². The third-order valence-corrected chi connectivity index (χ3v) is 23.8. The van der Waals surface area contributed by atoms with Crippen LogP contribution in [0.25, 0.3) is 0 Å². The molecule has 16 bridgehead atoms. The lowest BCUT2D eigenvalue weighted by Crippen LogP contribution is -2.71. The number of fused-ring (bicyclic) bond motifs is 17. The van der Waals surface area contributed by atoms with Crippen molar-refractivity contribution in [2.75, 3.05) is 18.5 Å². The minimum Gasteiger partial charge on any atom is -0.507 e. The lowest BCUT2D eigenvalue weighted by molar-refractivity contribution is -0.265. The van der Waals surface area contributed by atoms with Crippen LogP contribution in [-0.2, 0) is 43.1 Å². The van der Waals surface area contributed by atoms with Crippen molar-refractivity contribution in [1.82, 2.24) is 0 Å². The van der Waals surface area contributed by atoms with Gasteiger partial charge in [-0.2, -0.15) is 0 Å². The Morgan fingerprint density at radius 3 is 2.25 bits per heavy atom. The van der Waals surface area contributed by atoms with Gasteiger partial charge in [0, 0.05) is 65.9 Å². The second kappa shape index (κ2) is 23.7. The highest BCUT2D eigenvalue weighted by molar-refractivity contribution is 5.89. The van der Waals surface area contributed by atoms with Crippen molar-refractivity contribution in [3.05, 3.63) is 99.1 Å². The van der Waals surface area contributed by atoms with Crippen LogP contribution in [0.3, 0.4) is 0 Å². The zero-order valence-corrected chi connectivity index (χ0v) is 50.7. The summed E-state index contributed by atoms with van der Waals surface area (Å²) in [7, 11) is 0. The van der Waals surface area contributed by atoms with E-state index in [4.69, 9.17) is 14.2 Å². The number of hydrogen-bond donors (Lipinski definition) is 7. The molecule has 13 heteroatoms. The first kappa shape index (κ1) is 59.1. The first-order valence-corrected chi connectivity index (χ1v) is 33.7. The Bertz CT molecular complexity index is 3320. The SMILES string of the molecule is CC1(O)CNc2cc(C3C#CC4CC(=O)Oc5c4cc(c(O)c5C4CCCCC4)CC4OC(=O)C(=CC(O)Cc5cccc(c5)CC5C(=O)CC6CCC7C8CCCCC8C4(O)C6C57)C3)cc(c2)C(O)C2(C#CC3CCC(CC3)OCC1O)CCCC2. The molecule has 13 nitrogen and oxygen atoms in total. The summed E-state index contributed by atoms with van der Waals surface area (Å²) in [5, 5.41) is 80.2. The van der Waals surface area contributed by atoms with Crippen molar-refractivity contribution < 1.29 is 59.2 Å². The van der Waals surface area contributed by atoms with E-state index in [9.17, 15) is 40.2 Å². The van der Waals surface area contributed by atoms with Crippen molar-refractivity contribution in [1.29, 1.82) is 0 Å². The second-order valence-corrected chi connectivity index (χ2v) is 29.2. The van der Waals surface area contributed by atoms with E-state index in [1.165, 1.54) is 0 Å². The number of phenols is 1. The maximum Gasteiger partial charge on any atom is 0.334 e. The Hall–Kier alpha value is -5.51. The number of aromatic hydroxyl groups is 1. The summed E-state index contributed by atoms with van der Waals surface area (Å²) in [5.74, 6) is 11.3. The number of benzene rings is 3. The van der Waals surface area contributed by atoms with Crippen LogP contribution in [-0.4, -0.2) is 97.1 Å². The number of anilines is 1. The fourth-order valence-corrected chi connectivity index (χ4v) is 19.4. The van der Waals surface area contributed by atoms with Crippen molar-refractivity contribution in [3.8, 4) is 35.2 Å². The molecule has 15 rings (SSSR count). The molecule has 1 spiro atoms. The van der Waals surface area contributed by atoms with Gasteiger partial charge in [-0.3, -0.25) is 9.59 Å². The Kier molecular flexibility index (Phi) is 16.1. The number of nitrogens with one attached hydrogen (secondary N) is 1. The molecule has 0 radical (unpaired) electrons. The highest BCUT2D eigenvalue weighted by Crippen LogP contribution is 2.66. The molecule has 15 atom stereocenters. The number of carbonyl (C=O) groups is 3. The van der Waals surface area contributed by atoms with Gasteiger partial charge in [0.1, 0.15) is 40.7 Å². The number of carbonyl (C=O) groups excluding carboxylic acids is 3.